The van der Waals surface area contributed by atoms with Crippen molar-refractivity contribution in [3.8, 4) is 11.3 Å². The lowest BCUT2D eigenvalue weighted by molar-refractivity contribution is 0.445. The molecule has 0 amide bonds. The molecule has 1 N–H and O–H groups in total. The average molecular weight is 365 g/mol. The molecule has 1 aliphatic rings. The molecule has 5 rings (SSSR count). The van der Waals surface area contributed by atoms with E-state index >= 15 is 0 Å². The molecule has 1 fully saturated rings. The van der Waals surface area contributed by atoms with Gasteiger partial charge in [-0.15, -0.1) is 5.10 Å². The second kappa shape index (κ2) is 6.29. The van der Waals surface area contributed by atoms with Crippen molar-refractivity contribution in [3.63, 3.8) is 0 Å². The monoisotopic (exact) mass is 365 g/mol. The Kier molecular flexibility index (Phi) is 3.77. The van der Waals surface area contributed by atoms with E-state index in [1.165, 1.54) is 12.8 Å². The highest BCUT2D eigenvalue weighted by Crippen LogP contribution is 2.29. The van der Waals surface area contributed by atoms with Crippen LogP contribution in [-0.4, -0.2) is 42.4 Å². The molecule has 1 aliphatic carbocycles. The lowest BCUT2D eigenvalue weighted by atomic mass is 10.2. The standard InChI is InChI=1S/C19H20FN7/c1-12-23-16-5-4-15(24-18(16)26(12)9-7-20)14-6-8-27-17(14)11-22-19(25-27)21-10-13-2-3-13/h4-6,8,11,13H,2-3,7,9-10H2,1H3,(H,21,25). The van der Waals surface area contributed by atoms with Crippen LogP contribution in [0.2, 0.25) is 0 Å². The van der Waals surface area contributed by atoms with Crippen molar-refractivity contribution in [1.82, 2.24) is 29.1 Å². The molecular formula is C19H20FN7. The SMILES string of the molecule is Cc1nc2ccc(-c3ccn4nc(NCC5CC5)ncc34)nc2n1CCF. The number of anilines is 1. The molecule has 1 saturated carbocycles. The van der Waals surface area contributed by atoms with Crippen LogP contribution < -0.4 is 5.32 Å². The van der Waals surface area contributed by atoms with Crippen LogP contribution in [0.3, 0.4) is 0 Å². The van der Waals surface area contributed by atoms with Gasteiger partial charge in [0.05, 0.1) is 24.0 Å². The number of hydrogen-bond donors (Lipinski definition) is 1. The summed E-state index contributed by atoms with van der Waals surface area (Å²) >= 11 is 0. The number of pyridine rings is 1. The average Bonchev–Trinajstić information content (AvgIpc) is 3.34. The second-order valence-corrected chi connectivity index (χ2v) is 7.00. The fourth-order valence-electron chi connectivity index (χ4n) is 3.37. The minimum Gasteiger partial charge on any atom is -0.353 e. The van der Waals surface area contributed by atoms with Gasteiger partial charge < -0.3 is 9.88 Å². The molecule has 8 heteroatoms. The highest BCUT2D eigenvalue weighted by Gasteiger charge is 2.21. The summed E-state index contributed by atoms with van der Waals surface area (Å²) in [6, 6.07) is 5.84. The predicted molar refractivity (Wildman–Crippen MR) is 101 cm³/mol. The Morgan fingerprint density at radius 1 is 1.22 bits per heavy atom. The van der Waals surface area contributed by atoms with Crippen molar-refractivity contribution in [2.75, 3.05) is 18.5 Å². The van der Waals surface area contributed by atoms with Gasteiger partial charge in [-0.2, -0.15) is 0 Å². The van der Waals surface area contributed by atoms with Gasteiger partial charge in [-0.25, -0.2) is 23.9 Å². The normalized spacial score (nSPS) is 14.3. The first-order chi connectivity index (χ1) is 13.2. The Morgan fingerprint density at radius 3 is 2.93 bits per heavy atom. The van der Waals surface area contributed by atoms with Gasteiger partial charge in [0.2, 0.25) is 5.95 Å². The summed E-state index contributed by atoms with van der Waals surface area (Å²) < 4.78 is 16.5. The van der Waals surface area contributed by atoms with Crippen molar-refractivity contribution >= 4 is 22.6 Å². The molecule has 0 spiro atoms. The molecule has 7 nitrogen and oxygen atoms in total. The molecule has 4 aromatic rings. The lowest BCUT2D eigenvalue weighted by Crippen LogP contribution is -2.08. The third-order valence-electron chi connectivity index (χ3n) is 5.03. The molecular weight excluding hydrogens is 345 g/mol. The number of alkyl halides is 1. The number of hydrogen-bond acceptors (Lipinski definition) is 5. The summed E-state index contributed by atoms with van der Waals surface area (Å²) in [5.74, 6) is 2.17. The van der Waals surface area contributed by atoms with Crippen LogP contribution in [0.1, 0.15) is 18.7 Å². The van der Waals surface area contributed by atoms with Crippen LogP contribution in [0, 0.1) is 12.8 Å². The number of aryl methyl sites for hydroxylation is 2. The Labute approximate surface area is 155 Å². The largest absolute Gasteiger partial charge is 0.353 e. The number of imidazole rings is 1. The van der Waals surface area contributed by atoms with Crippen molar-refractivity contribution in [2.45, 2.75) is 26.3 Å². The lowest BCUT2D eigenvalue weighted by Gasteiger charge is -2.06. The van der Waals surface area contributed by atoms with Gasteiger partial charge in [-0.05, 0) is 43.9 Å². The Bertz CT molecular complexity index is 1130. The topological polar surface area (TPSA) is 72.9 Å². The molecule has 0 aromatic carbocycles. The summed E-state index contributed by atoms with van der Waals surface area (Å²) in [7, 11) is 0. The fourth-order valence-corrected chi connectivity index (χ4v) is 3.37. The zero-order valence-electron chi connectivity index (χ0n) is 15.1. The summed E-state index contributed by atoms with van der Waals surface area (Å²) in [6.45, 7) is 2.61. The van der Waals surface area contributed by atoms with E-state index in [0.717, 1.165) is 40.6 Å². The third-order valence-corrected chi connectivity index (χ3v) is 5.03. The van der Waals surface area contributed by atoms with E-state index in [9.17, 15) is 4.39 Å². The Balaban J connectivity index is 1.53. The molecule has 27 heavy (non-hydrogen) atoms. The molecule has 138 valence electrons. The predicted octanol–water partition coefficient (Wildman–Crippen LogP) is 3.24. The number of nitrogens with one attached hydrogen (secondary N) is 1. The van der Waals surface area contributed by atoms with E-state index in [1.807, 2.05) is 46.6 Å². The van der Waals surface area contributed by atoms with Crippen molar-refractivity contribution < 1.29 is 4.39 Å². The van der Waals surface area contributed by atoms with Crippen LogP contribution in [-0.2, 0) is 6.54 Å². The molecule has 4 aromatic heterocycles. The van der Waals surface area contributed by atoms with Gasteiger partial charge in [-0.1, -0.05) is 0 Å². The minimum atomic E-state index is -0.447. The highest BCUT2D eigenvalue weighted by molar-refractivity contribution is 5.82. The summed E-state index contributed by atoms with van der Waals surface area (Å²) in [5, 5.41) is 7.82. The van der Waals surface area contributed by atoms with E-state index in [2.05, 4.69) is 20.4 Å². The first-order valence-electron chi connectivity index (χ1n) is 9.21. The van der Waals surface area contributed by atoms with Crippen LogP contribution in [0.25, 0.3) is 27.9 Å². The summed E-state index contributed by atoms with van der Waals surface area (Å²) in [4.78, 5) is 13.7. The van der Waals surface area contributed by atoms with Crippen LogP contribution in [0.15, 0.2) is 30.6 Å². The maximum Gasteiger partial charge on any atom is 0.241 e. The van der Waals surface area contributed by atoms with Crippen molar-refractivity contribution in [3.05, 3.63) is 36.4 Å². The quantitative estimate of drug-likeness (QED) is 0.568. The molecule has 0 aliphatic heterocycles. The van der Waals surface area contributed by atoms with Gasteiger partial charge in [0.25, 0.3) is 0 Å². The van der Waals surface area contributed by atoms with Gasteiger partial charge >= 0.3 is 0 Å². The van der Waals surface area contributed by atoms with Crippen LogP contribution in [0.4, 0.5) is 10.3 Å². The van der Waals surface area contributed by atoms with Crippen LogP contribution >= 0.6 is 0 Å². The molecule has 4 heterocycles. The Hall–Kier alpha value is -3.03. The van der Waals surface area contributed by atoms with Crippen LogP contribution in [0.5, 0.6) is 0 Å². The van der Waals surface area contributed by atoms with Gasteiger partial charge in [0.1, 0.15) is 18.0 Å². The van der Waals surface area contributed by atoms with E-state index in [-0.39, 0.29) is 6.54 Å². The molecule has 0 saturated heterocycles. The number of nitrogens with zero attached hydrogens (tertiary/aromatic N) is 6. The maximum absolute atomic E-state index is 12.9. The maximum atomic E-state index is 12.9. The summed E-state index contributed by atoms with van der Waals surface area (Å²) in [5.41, 5.74) is 4.09. The Morgan fingerprint density at radius 2 is 2.11 bits per heavy atom. The van der Waals surface area contributed by atoms with Gasteiger partial charge in [0.15, 0.2) is 5.65 Å². The highest BCUT2D eigenvalue weighted by atomic mass is 19.1. The molecule has 0 radical (unpaired) electrons. The smallest absolute Gasteiger partial charge is 0.241 e. The van der Waals surface area contributed by atoms with E-state index < -0.39 is 6.67 Å². The minimum absolute atomic E-state index is 0.258. The van der Waals surface area contributed by atoms with Crippen molar-refractivity contribution in [1.29, 1.82) is 0 Å². The number of fused-ring (bicyclic) bond motifs is 2. The number of halogens is 1. The van der Waals surface area contributed by atoms with Gasteiger partial charge in [-0.3, -0.25) is 0 Å². The van der Waals surface area contributed by atoms with E-state index in [4.69, 9.17) is 4.98 Å². The van der Waals surface area contributed by atoms with E-state index in [1.54, 1.807) is 0 Å². The van der Waals surface area contributed by atoms with Crippen molar-refractivity contribution in [2.24, 2.45) is 5.92 Å². The second-order valence-electron chi connectivity index (χ2n) is 7.00. The fraction of sp³-hybridized carbons (Fsp3) is 0.368. The number of aromatic nitrogens is 6. The molecule has 0 bridgehead atoms. The summed E-state index contributed by atoms with van der Waals surface area (Å²) in [6.07, 6.45) is 6.29. The van der Waals surface area contributed by atoms with Gasteiger partial charge in [0, 0.05) is 18.3 Å². The first-order valence-corrected chi connectivity index (χ1v) is 9.21. The number of rotatable bonds is 6. The zero-order chi connectivity index (χ0) is 18.4. The zero-order valence-corrected chi connectivity index (χ0v) is 15.1. The molecule has 0 atom stereocenters. The third kappa shape index (κ3) is 2.90. The van der Waals surface area contributed by atoms with E-state index in [0.29, 0.717) is 11.6 Å². The first kappa shape index (κ1) is 16.2. The molecule has 0 unspecified atom stereocenters.